The van der Waals surface area contributed by atoms with Crippen LogP contribution in [0.15, 0.2) is 84.9 Å². The quantitative estimate of drug-likeness (QED) is 0.357. The van der Waals surface area contributed by atoms with Gasteiger partial charge >= 0.3 is 5.97 Å². The molecule has 0 unspecified atom stereocenters. The Kier molecular flexibility index (Phi) is 10.1. The van der Waals surface area contributed by atoms with Crippen LogP contribution in [0.25, 0.3) is 0 Å². The number of carboxylic acid groups (broad SMARTS) is 1. The van der Waals surface area contributed by atoms with Gasteiger partial charge in [-0.15, -0.1) is 0 Å². The number of benzene rings is 3. The molecular weight excluding hydrogens is 492 g/mol. The Balaban J connectivity index is 1.18. The fourth-order valence-electron chi connectivity index (χ4n) is 4.85. The number of ether oxygens (including phenoxy) is 1. The molecule has 0 radical (unpaired) electrons. The Bertz CT molecular complexity index is 1210. The summed E-state index contributed by atoms with van der Waals surface area (Å²) in [5.41, 5.74) is 3.02. The number of carboxylic acids is 1. The van der Waals surface area contributed by atoms with Crippen molar-refractivity contribution in [1.29, 1.82) is 0 Å². The lowest BCUT2D eigenvalue weighted by Crippen LogP contribution is -2.44. The number of likely N-dealkylation sites (tertiary alicyclic amines) is 1. The predicted molar refractivity (Wildman–Crippen MR) is 149 cm³/mol. The second-order valence-corrected chi connectivity index (χ2v) is 10.1. The molecule has 0 saturated carbocycles. The molecule has 0 spiro atoms. The van der Waals surface area contributed by atoms with Crippen LogP contribution in [0.3, 0.4) is 0 Å². The van der Waals surface area contributed by atoms with Gasteiger partial charge in [-0.25, -0.2) is 4.79 Å². The number of rotatable bonds is 12. The van der Waals surface area contributed by atoms with E-state index in [1.54, 1.807) is 0 Å². The molecule has 1 aliphatic rings. The molecule has 7 heteroatoms. The van der Waals surface area contributed by atoms with Crippen molar-refractivity contribution in [3.8, 4) is 5.75 Å². The fourth-order valence-corrected chi connectivity index (χ4v) is 4.85. The van der Waals surface area contributed by atoms with Crippen LogP contribution >= 0.6 is 0 Å². The fraction of sp³-hybridized carbons (Fsp3) is 0.344. The Morgan fingerprint density at radius 3 is 2.08 bits per heavy atom. The lowest BCUT2D eigenvalue weighted by Gasteiger charge is -2.32. The lowest BCUT2D eigenvalue weighted by molar-refractivity contribution is -0.142. The molecule has 1 heterocycles. The van der Waals surface area contributed by atoms with E-state index < -0.39 is 12.0 Å². The van der Waals surface area contributed by atoms with Gasteiger partial charge in [0.05, 0.1) is 0 Å². The minimum Gasteiger partial charge on any atom is -0.489 e. The van der Waals surface area contributed by atoms with Gasteiger partial charge in [-0.3, -0.25) is 9.59 Å². The maximum atomic E-state index is 12.7. The van der Waals surface area contributed by atoms with Crippen molar-refractivity contribution in [2.75, 3.05) is 13.1 Å². The van der Waals surface area contributed by atoms with Gasteiger partial charge in [-0.2, -0.15) is 0 Å². The van der Waals surface area contributed by atoms with Gasteiger partial charge < -0.3 is 20.1 Å². The van der Waals surface area contributed by atoms with Gasteiger partial charge in [0.2, 0.25) is 11.8 Å². The molecule has 4 rings (SSSR count). The minimum absolute atomic E-state index is 0.138. The van der Waals surface area contributed by atoms with Crippen LogP contribution in [0.5, 0.6) is 5.75 Å². The third-order valence-corrected chi connectivity index (χ3v) is 7.16. The Morgan fingerprint density at radius 2 is 1.46 bits per heavy atom. The second-order valence-electron chi connectivity index (χ2n) is 10.1. The first-order valence-corrected chi connectivity index (χ1v) is 13.6. The van der Waals surface area contributed by atoms with Crippen LogP contribution in [0.1, 0.15) is 42.4 Å². The highest BCUT2D eigenvalue weighted by atomic mass is 16.5. The number of hydrogen-bond acceptors (Lipinski definition) is 4. The maximum Gasteiger partial charge on any atom is 0.326 e. The Hall–Kier alpha value is -4.13. The summed E-state index contributed by atoms with van der Waals surface area (Å²) in [7, 11) is 0. The van der Waals surface area contributed by atoms with Crippen molar-refractivity contribution in [2.45, 2.75) is 51.2 Å². The third-order valence-electron chi connectivity index (χ3n) is 7.16. The number of amides is 2. The molecule has 1 fully saturated rings. The van der Waals surface area contributed by atoms with Crippen molar-refractivity contribution in [1.82, 2.24) is 10.2 Å². The number of hydrogen-bond donors (Lipinski definition) is 2. The van der Waals surface area contributed by atoms with Gasteiger partial charge in [0, 0.05) is 32.4 Å². The first kappa shape index (κ1) is 27.9. The predicted octanol–water partition coefficient (Wildman–Crippen LogP) is 4.64. The SMILES string of the molecule is O=C(CC1CCN(C(=O)CCc2ccccc2)CC1)N[C@@H](Cc1ccc(OCc2ccccc2)cc1)C(=O)O. The van der Waals surface area contributed by atoms with Crippen LogP contribution in [0, 0.1) is 5.92 Å². The van der Waals surface area contributed by atoms with Crippen LogP contribution in [-0.2, 0) is 33.8 Å². The van der Waals surface area contributed by atoms with Gasteiger partial charge in [-0.05, 0) is 54.0 Å². The first-order chi connectivity index (χ1) is 19.0. The second kappa shape index (κ2) is 14.1. The van der Waals surface area contributed by atoms with E-state index in [2.05, 4.69) is 5.32 Å². The average molecular weight is 529 g/mol. The number of carbonyl (C=O) groups is 3. The number of nitrogens with one attached hydrogen (secondary N) is 1. The molecular formula is C32H36N2O5. The van der Waals surface area contributed by atoms with Crippen LogP contribution in [-0.4, -0.2) is 46.9 Å². The van der Waals surface area contributed by atoms with E-state index in [9.17, 15) is 19.5 Å². The lowest BCUT2D eigenvalue weighted by atomic mass is 9.92. The normalized spacial score (nSPS) is 14.4. The molecule has 1 saturated heterocycles. The summed E-state index contributed by atoms with van der Waals surface area (Å²) < 4.78 is 5.79. The molecule has 0 bridgehead atoms. The van der Waals surface area contributed by atoms with E-state index in [4.69, 9.17) is 4.74 Å². The van der Waals surface area contributed by atoms with Crippen LogP contribution in [0.2, 0.25) is 0 Å². The van der Waals surface area contributed by atoms with E-state index >= 15 is 0 Å². The van der Waals surface area contributed by atoms with Gasteiger partial charge in [-0.1, -0.05) is 72.8 Å². The number of piperidine rings is 1. The summed E-state index contributed by atoms with van der Waals surface area (Å²) in [5, 5.41) is 12.4. The highest BCUT2D eigenvalue weighted by Gasteiger charge is 2.26. The highest BCUT2D eigenvalue weighted by molar-refractivity contribution is 5.84. The van der Waals surface area contributed by atoms with Gasteiger partial charge in [0.1, 0.15) is 18.4 Å². The summed E-state index contributed by atoms with van der Waals surface area (Å²) in [6.45, 7) is 1.72. The van der Waals surface area contributed by atoms with E-state index in [0.29, 0.717) is 31.9 Å². The molecule has 7 nitrogen and oxygen atoms in total. The smallest absolute Gasteiger partial charge is 0.326 e. The zero-order valence-corrected chi connectivity index (χ0v) is 22.1. The van der Waals surface area contributed by atoms with Crippen molar-refractivity contribution >= 4 is 17.8 Å². The van der Waals surface area contributed by atoms with E-state index in [-0.39, 0.29) is 30.6 Å². The monoisotopic (exact) mass is 528 g/mol. The van der Waals surface area contributed by atoms with E-state index in [1.165, 1.54) is 0 Å². The van der Waals surface area contributed by atoms with Gasteiger partial charge in [0.15, 0.2) is 0 Å². The van der Waals surface area contributed by atoms with E-state index in [0.717, 1.165) is 36.0 Å². The summed E-state index contributed by atoms with van der Waals surface area (Å²) in [5.74, 6) is -0.350. The van der Waals surface area contributed by atoms with Crippen LogP contribution in [0.4, 0.5) is 0 Å². The summed E-state index contributed by atoms with van der Waals surface area (Å²) >= 11 is 0. The molecule has 1 atom stereocenters. The topological polar surface area (TPSA) is 95.9 Å². The molecule has 0 aliphatic carbocycles. The molecule has 2 amide bonds. The third kappa shape index (κ3) is 8.99. The number of aliphatic carboxylic acids is 1. The van der Waals surface area contributed by atoms with Crippen LogP contribution < -0.4 is 10.1 Å². The number of nitrogens with zero attached hydrogens (tertiary/aromatic N) is 1. The zero-order valence-electron chi connectivity index (χ0n) is 22.1. The molecule has 1 aliphatic heterocycles. The van der Waals surface area contributed by atoms with Crippen molar-refractivity contribution < 1.29 is 24.2 Å². The Morgan fingerprint density at radius 1 is 0.846 bits per heavy atom. The van der Waals surface area contributed by atoms with Gasteiger partial charge in [0.25, 0.3) is 0 Å². The minimum atomic E-state index is -1.06. The molecule has 39 heavy (non-hydrogen) atoms. The molecule has 204 valence electrons. The first-order valence-electron chi connectivity index (χ1n) is 13.6. The summed E-state index contributed by atoms with van der Waals surface area (Å²) in [6, 6.07) is 26.1. The molecule has 3 aromatic rings. The van der Waals surface area contributed by atoms with Crippen molar-refractivity contribution in [3.05, 3.63) is 102 Å². The summed E-state index contributed by atoms with van der Waals surface area (Å²) in [6.07, 6.45) is 3.15. The van der Waals surface area contributed by atoms with Crippen molar-refractivity contribution in [2.24, 2.45) is 5.92 Å². The highest BCUT2D eigenvalue weighted by Crippen LogP contribution is 2.22. The number of carbonyl (C=O) groups excluding carboxylic acids is 2. The maximum absolute atomic E-state index is 12.7. The zero-order chi connectivity index (χ0) is 27.5. The average Bonchev–Trinajstić information content (AvgIpc) is 2.96. The Labute approximate surface area is 229 Å². The van der Waals surface area contributed by atoms with Crippen molar-refractivity contribution in [3.63, 3.8) is 0 Å². The summed E-state index contributed by atoms with van der Waals surface area (Å²) in [4.78, 5) is 39.0. The molecule has 0 aromatic heterocycles. The van der Waals surface area contributed by atoms with E-state index in [1.807, 2.05) is 89.8 Å². The number of aryl methyl sites for hydroxylation is 1. The largest absolute Gasteiger partial charge is 0.489 e. The molecule has 3 aromatic carbocycles. The standard InChI is InChI=1S/C32H36N2O5/c35-30(22-26-17-19-34(20-18-26)31(36)16-13-24-7-3-1-4-8-24)33-29(32(37)38)21-25-11-14-28(15-12-25)39-23-27-9-5-2-6-10-27/h1-12,14-15,26,29H,13,16-23H2,(H,33,35)(H,37,38)/t29-/m0/s1. The molecule has 2 N–H and O–H groups in total.